The van der Waals surface area contributed by atoms with E-state index in [1.165, 1.54) is 12.0 Å². The van der Waals surface area contributed by atoms with Crippen molar-refractivity contribution in [2.75, 3.05) is 5.32 Å². The number of amides is 3. The van der Waals surface area contributed by atoms with Crippen LogP contribution in [0.1, 0.15) is 78.2 Å². The number of benzene rings is 1. The molecule has 2 N–H and O–H groups in total. The van der Waals surface area contributed by atoms with Gasteiger partial charge in [-0.05, 0) is 55.7 Å². The monoisotopic (exact) mass is 507 g/mol. The molecule has 1 aromatic carbocycles. The van der Waals surface area contributed by atoms with Gasteiger partial charge in [0.05, 0.1) is 17.9 Å². The number of nitrogens with zero attached hydrogens (tertiary/aromatic N) is 1. The average molecular weight is 508 g/mol. The summed E-state index contributed by atoms with van der Waals surface area (Å²) in [6.45, 7) is 10.4. The van der Waals surface area contributed by atoms with Crippen LogP contribution in [0, 0.1) is 17.8 Å². The summed E-state index contributed by atoms with van der Waals surface area (Å²) in [7, 11) is 0. The van der Waals surface area contributed by atoms with Crippen LogP contribution in [0.5, 0.6) is 0 Å². The summed E-state index contributed by atoms with van der Waals surface area (Å²) in [6.07, 6.45) is 8.28. The van der Waals surface area contributed by atoms with E-state index in [1.807, 2.05) is 50.3 Å². The topological polar surface area (TPSA) is 87.7 Å². The molecule has 0 unspecified atom stereocenters. The van der Waals surface area contributed by atoms with Gasteiger partial charge < -0.3 is 20.3 Å². The van der Waals surface area contributed by atoms with Crippen molar-refractivity contribution >= 4 is 23.4 Å². The van der Waals surface area contributed by atoms with Crippen LogP contribution >= 0.6 is 0 Å². The van der Waals surface area contributed by atoms with E-state index >= 15 is 0 Å². The first-order chi connectivity index (χ1) is 17.7. The number of ether oxygens (including phenoxy) is 1. The summed E-state index contributed by atoms with van der Waals surface area (Å²) in [5.74, 6) is -1.16. The number of carbonyl (C=O) groups is 3. The van der Waals surface area contributed by atoms with E-state index in [4.69, 9.17) is 4.74 Å². The van der Waals surface area contributed by atoms with Crippen LogP contribution in [0.3, 0.4) is 0 Å². The molecule has 37 heavy (non-hydrogen) atoms. The average Bonchev–Trinajstić information content (AvgIpc) is 3.52. The van der Waals surface area contributed by atoms with E-state index in [0.717, 1.165) is 19.3 Å². The maximum absolute atomic E-state index is 14.0. The molecule has 8 atom stereocenters. The minimum absolute atomic E-state index is 0.0982. The van der Waals surface area contributed by atoms with Gasteiger partial charge in [-0.2, -0.15) is 0 Å². The number of hydrogen-bond acceptors (Lipinski definition) is 4. The molecule has 3 aliphatic heterocycles. The van der Waals surface area contributed by atoms with Crippen LogP contribution in [0.4, 0.5) is 5.69 Å². The Labute approximate surface area is 220 Å². The van der Waals surface area contributed by atoms with Crippen molar-refractivity contribution in [3.05, 3.63) is 42.0 Å². The highest BCUT2D eigenvalue weighted by molar-refractivity contribution is 6.03. The Balaban J connectivity index is 1.42. The van der Waals surface area contributed by atoms with Crippen LogP contribution in [0.15, 0.2) is 36.4 Å². The first-order valence-electron chi connectivity index (χ1n) is 14.1. The third-order valence-corrected chi connectivity index (χ3v) is 9.21. The molecule has 3 amide bonds. The number of hydrogen-bond donors (Lipinski definition) is 2. The first kappa shape index (κ1) is 26.0. The van der Waals surface area contributed by atoms with Gasteiger partial charge in [0.15, 0.2) is 0 Å². The Morgan fingerprint density at radius 2 is 1.81 bits per heavy atom. The summed E-state index contributed by atoms with van der Waals surface area (Å²) >= 11 is 0. The molecule has 3 heterocycles. The van der Waals surface area contributed by atoms with Crippen LogP contribution in [0.2, 0.25) is 0 Å². The number of carbonyl (C=O) groups excluding carboxylic acids is 3. The number of rotatable bonds is 7. The molecule has 7 heteroatoms. The van der Waals surface area contributed by atoms with Crippen LogP contribution in [-0.2, 0) is 19.1 Å². The minimum atomic E-state index is -1.11. The van der Waals surface area contributed by atoms with Crippen LogP contribution in [0.25, 0.3) is 0 Å². The quantitative estimate of drug-likeness (QED) is 0.536. The summed E-state index contributed by atoms with van der Waals surface area (Å²) in [6, 6.07) is 7.00. The third-order valence-electron chi connectivity index (χ3n) is 9.21. The summed E-state index contributed by atoms with van der Waals surface area (Å²) in [5.41, 5.74) is 0.774. The van der Waals surface area contributed by atoms with Crippen molar-refractivity contribution in [2.24, 2.45) is 17.8 Å². The molecule has 0 radical (unpaired) electrons. The fourth-order valence-corrected chi connectivity index (χ4v) is 6.85. The smallest absolute Gasteiger partial charge is 0.246 e. The van der Waals surface area contributed by atoms with E-state index in [-0.39, 0.29) is 29.8 Å². The van der Waals surface area contributed by atoms with Gasteiger partial charge in [-0.25, -0.2) is 0 Å². The molecule has 1 aromatic rings. The molecule has 2 bridgehead atoms. The molecule has 1 aliphatic carbocycles. The Kier molecular flexibility index (Phi) is 6.94. The molecular formula is C30H41N3O4. The second kappa shape index (κ2) is 9.90. The molecule has 1 saturated carbocycles. The third kappa shape index (κ3) is 4.29. The fourth-order valence-electron chi connectivity index (χ4n) is 6.85. The summed E-state index contributed by atoms with van der Waals surface area (Å²) in [5, 5.41) is 6.30. The molecule has 4 aliphatic rings. The lowest BCUT2D eigenvalue weighted by atomic mass is 9.74. The van der Waals surface area contributed by atoms with Crippen molar-refractivity contribution in [2.45, 2.75) is 102 Å². The highest BCUT2D eigenvalue weighted by Crippen LogP contribution is 2.55. The SMILES string of the molecule is CC[C@H](C)N1C(=O)[C@@H]2[C@H](C(=O)Nc3ccc(C(C)C)cc3)[C@@H]3C=C[C@@]2(O3)[C@@H]1C(=O)N[C@H]1CCCC[C@H]1C. The molecule has 200 valence electrons. The van der Waals surface area contributed by atoms with Gasteiger partial charge in [-0.1, -0.05) is 64.8 Å². The zero-order chi connectivity index (χ0) is 26.5. The molecular weight excluding hydrogens is 466 g/mol. The van der Waals surface area contributed by atoms with Crippen LogP contribution in [-0.4, -0.2) is 52.5 Å². The lowest BCUT2D eigenvalue weighted by Gasteiger charge is -2.37. The highest BCUT2D eigenvalue weighted by atomic mass is 16.5. The predicted octanol–water partition coefficient (Wildman–Crippen LogP) is 4.39. The second-order valence-electron chi connectivity index (χ2n) is 11.8. The maximum Gasteiger partial charge on any atom is 0.246 e. The molecule has 2 saturated heterocycles. The molecule has 7 nitrogen and oxygen atoms in total. The molecule has 5 rings (SSSR count). The van der Waals surface area contributed by atoms with Crippen molar-refractivity contribution in [3.63, 3.8) is 0 Å². The molecule has 0 aromatic heterocycles. The second-order valence-corrected chi connectivity index (χ2v) is 11.8. The predicted molar refractivity (Wildman–Crippen MR) is 143 cm³/mol. The molecule has 3 fully saturated rings. The van der Waals surface area contributed by atoms with Gasteiger partial charge in [-0.3, -0.25) is 14.4 Å². The van der Waals surface area contributed by atoms with Gasteiger partial charge >= 0.3 is 0 Å². The van der Waals surface area contributed by atoms with Crippen molar-refractivity contribution in [1.29, 1.82) is 0 Å². The zero-order valence-corrected chi connectivity index (χ0v) is 22.7. The minimum Gasteiger partial charge on any atom is -0.359 e. The van der Waals surface area contributed by atoms with E-state index in [9.17, 15) is 14.4 Å². The Morgan fingerprint density at radius 1 is 1.11 bits per heavy atom. The van der Waals surface area contributed by atoms with Gasteiger partial charge in [0.25, 0.3) is 0 Å². The Morgan fingerprint density at radius 3 is 2.46 bits per heavy atom. The van der Waals surface area contributed by atoms with E-state index in [2.05, 4.69) is 31.4 Å². The fraction of sp³-hybridized carbons (Fsp3) is 0.633. The van der Waals surface area contributed by atoms with Gasteiger partial charge in [-0.15, -0.1) is 0 Å². The highest BCUT2D eigenvalue weighted by Gasteiger charge is 2.73. The van der Waals surface area contributed by atoms with Crippen molar-refractivity contribution < 1.29 is 19.1 Å². The summed E-state index contributed by atoms with van der Waals surface area (Å²) < 4.78 is 6.46. The molecule has 1 spiro atoms. The lowest BCUT2D eigenvalue weighted by molar-refractivity contribution is -0.143. The summed E-state index contributed by atoms with van der Waals surface area (Å²) in [4.78, 5) is 43.2. The standard InChI is InChI=1S/C30H41N3O4/c1-6-19(5)33-26(28(35)32-22-10-8-7-9-18(22)4)30-16-15-23(37-30)24(25(30)29(33)36)27(34)31-21-13-11-20(12-14-21)17(2)3/h11-19,22-26H,6-10H2,1-5H3,(H,31,34)(H,32,35)/t18-,19+,22+,23+,24-,25+,26+,30+/m1/s1. The first-order valence-corrected chi connectivity index (χ1v) is 14.1. The van der Waals surface area contributed by atoms with E-state index in [0.29, 0.717) is 23.9 Å². The largest absolute Gasteiger partial charge is 0.359 e. The van der Waals surface area contributed by atoms with Crippen molar-refractivity contribution in [1.82, 2.24) is 10.2 Å². The normalized spacial score (nSPS) is 35.1. The van der Waals surface area contributed by atoms with Crippen molar-refractivity contribution in [3.8, 4) is 0 Å². The van der Waals surface area contributed by atoms with Gasteiger partial charge in [0.2, 0.25) is 17.7 Å². The number of nitrogens with one attached hydrogen (secondary N) is 2. The number of anilines is 1. The Hall–Kier alpha value is -2.67. The van der Waals surface area contributed by atoms with Gasteiger partial charge in [0.1, 0.15) is 11.6 Å². The lowest BCUT2D eigenvalue weighted by Crippen LogP contribution is -2.58. The van der Waals surface area contributed by atoms with Gasteiger partial charge in [0, 0.05) is 17.8 Å². The Bertz CT molecular complexity index is 1080. The maximum atomic E-state index is 14.0. The van der Waals surface area contributed by atoms with Crippen LogP contribution < -0.4 is 10.6 Å². The van der Waals surface area contributed by atoms with E-state index < -0.39 is 29.6 Å². The number of likely N-dealkylation sites (tertiary alicyclic amines) is 1. The van der Waals surface area contributed by atoms with E-state index in [1.54, 1.807) is 4.90 Å². The number of fused-ring (bicyclic) bond motifs is 1. The zero-order valence-electron chi connectivity index (χ0n) is 22.7.